The van der Waals surface area contributed by atoms with Crippen LogP contribution in [0.5, 0.6) is 0 Å². The van der Waals surface area contributed by atoms with Crippen molar-refractivity contribution in [2.24, 2.45) is 0 Å². The lowest BCUT2D eigenvalue weighted by Gasteiger charge is -2.32. The third-order valence-electron chi connectivity index (χ3n) is 5.59. The van der Waals surface area contributed by atoms with Gasteiger partial charge < -0.3 is 14.3 Å². The lowest BCUT2D eigenvalue weighted by atomic mass is 10.00. The number of aromatic nitrogens is 7. The maximum Gasteiger partial charge on any atom is 0.319 e. The van der Waals surface area contributed by atoms with E-state index in [1.54, 1.807) is 18.5 Å². The van der Waals surface area contributed by atoms with Gasteiger partial charge in [-0.2, -0.15) is 9.49 Å². The van der Waals surface area contributed by atoms with Crippen LogP contribution in [-0.2, 0) is 6.42 Å². The molecule has 6 rings (SSSR count). The molecule has 5 aromatic heterocycles. The van der Waals surface area contributed by atoms with E-state index in [9.17, 15) is 4.39 Å². The van der Waals surface area contributed by atoms with Crippen molar-refractivity contribution in [2.45, 2.75) is 19.4 Å². The highest BCUT2D eigenvalue weighted by Crippen LogP contribution is 2.37. The molecule has 0 aromatic carbocycles. The Hall–Kier alpha value is -4.08. The molecule has 0 fully saturated rings. The van der Waals surface area contributed by atoms with Crippen LogP contribution >= 0.6 is 0 Å². The molecule has 0 unspecified atom stereocenters. The van der Waals surface area contributed by atoms with Crippen molar-refractivity contribution in [3.63, 3.8) is 0 Å². The average molecular weight is 416 g/mol. The van der Waals surface area contributed by atoms with E-state index in [1.165, 1.54) is 6.20 Å². The van der Waals surface area contributed by atoms with Crippen molar-refractivity contribution in [3.05, 3.63) is 77.6 Å². The van der Waals surface area contributed by atoms with Crippen LogP contribution in [0.1, 0.15) is 28.7 Å². The molecule has 1 aliphatic rings. The van der Waals surface area contributed by atoms with Gasteiger partial charge in [0.15, 0.2) is 0 Å². The fraction of sp³-hybridized carbons (Fsp3) is 0.190. The minimum Gasteiger partial charge on any atom is -0.403 e. The molecule has 0 spiro atoms. The van der Waals surface area contributed by atoms with Gasteiger partial charge in [-0.3, -0.25) is 0 Å². The van der Waals surface area contributed by atoms with Gasteiger partial charge in [0, 0.05) is 31.1 Å². The van der Waals surface area contributed by atoms with Crippen LogP contribution < -0.4 is 4.90 Å². The van der Waals surface area contributed by atoms with Crippen LogP contribution in [0.15, 0.2) is 53.5 Å². The van der Waals surface area contributed by atoms with E-state index in [1.807, 2.05) is 34.7 Å². The van der Waals surface area contributed by atoms with Crippen LogP contribution in [-0.4, -0.2) is 41.3 Å². The number of H-pyrrole nitrogens is 1. The molecule has 6 heterocycles. The summed E-state index contributed by atoms with van der Waals surface area (Å²) in [5.74, 6) is -0.573. The topological polar surface area (TPSA) is 101 Å². The number of pyridine rings is 2. The van der Waals surface area contributed by atoms with Gasteiger partial charge in [-0.1, -0.05) is 11.2 Å². The van der Waals surface area contributed by atoms with Gasteiger partial charge in [-0.15, -0.1) is 5.10 Å². The number of aryl methyl sites for hydroxylation is 1. The number of imidazole rings is 1. The highest BCUT2D eigenvalue weighted by molar-refractivity contribution is 5.57. The number of hydrogen-bond donors (Lipinski definition) is 1. The number of nitrogens with zero attached hydrogens (tertiary/aromatic N) is 7. The van der Waals surface area contributed by atoms with Crippen LogP contribution in [0.25, 0.3) is 17.0 Å². The lowest BCUT2D eigenvalue weighted by Crippen LogP contribution is -2.36. The van der Waals surface area contributed by atoms with Crippen molar-refractivity contribution >= 4 is 11.5 Å². The van der Waals surface area contributed by atoms with E-state index >= 15 is 0 Å². The summed E-state index contributed by atoms with van der Waals surface area (Å²) in [7, 11) is 0. The molecule has 154 valence electrons. The van der Waals surface area contributed by atoms with Gasteiger partial charge in [-0.25, -0.2) is 14.5 Å². The molecule has 0 saturated carbocycles. The van der Waals surface area contributed by atoms with Crippen LogP contribution in [0.3, 0.4) is 0 Å². The summed E-state index contributed by atoms with van der Waals surface area (Å²) in [6.45, 7) is 2.66. The third-order valence-corrected chi connectivity index (χ3v) is 5.59. The van der Waals surface area contributed by atoms with Crippen LogP contribution in [0, 0.1) is 12.9 Å². The molecule has 0 radical (unpaired) electrons. The van der Waals surface area contributed by atoms with Gasteiger partial charge in [0.25, 0.3) is 5.89 Å². The lowest BCUT2D eigenvalue weighted by molar-refractivity contribution is 0.499. The summed E-state index contributed by atoms with van der Waals surface area (Å²) in [4.78, 5) is 13.4. The van der Waals surface area contributed by atoms with E-state index in [-0.39, 0.29) is 23.5 Å². The van der Waals surface area contributed by atoms with Crippen molar-refractivity contribution < 1.29 is 8.81 Å². The average Bonchev–Trinajstić information content (AvgIpc) is 3.52. The molecular formula is C21H17FN8O. The number of aromatic amines is 1. The Kier molecular flexibility index (Phi) is 3.85. The van der Waals surface area contributed by atoms with Crippen molar-refractivity contribution in [3.8, 4) is 11.5 Å². The molecule has 1 aliphatic heterocycles. The molecule has 0 bridgehead atoms. The van der Waals surface area contributed by atoms with Crippen molar-refractivity contribution in [1.82, 2.24) is 34.8 Å². The fourth-order valence-electron chi connectivity index (χ4n) is 4.08. The molecular weight excluding hydrogens is 399 g/mol. The fourth-order valence-corrected chi connectivity index (χ4v) is 4.08. The zero-order valence-corrected chi connectivity index (χ0v) is 16.5. The molecule has 10 heteroatoms. The first kappa shape index (κ1) is 17.8. The molecule has 31 heavy (non-hydrogen) atoms. The van der Waals surface area contributed by atoms with Crippen molar-refractivity contribution in [1.29, 1.82) is 0 Å². The van der Waals surface area contributed by atoms with E-state index in [0.29, 0.717) is 6.54 Å². The second-order valence-electron chi connectivity index (χ2n) is 7.43. The monoisotopic (exact) mass is 416 g/mol. The maximum atomic E-state index is 14.1. The van der Waals surface area contributed by atoms with Gasteiger partial charge in [0.05, 0.1) is 28.8 Å². The Morgan fingerprint density at radius 2 is 2.13 bits per heavy atom. The minimum absolute atomic E-state index is 0.0815. The van der Waals surface area contributed by atoms with Gasteiger partial charge in [0.2, 0.25) is 5.95 Å². The Labute approximate surface area is 175 Å². The normalized spacial score (nSPS) is 16.1. The van der Waals surface area contributed by atoms with E-state index in [2.05, 4.69) is 31.2 Å². The molecule has 0 amide bonds. The molecule has 9 nitrogen and oxygen atoms in total. The smallest absolute Gasteiger partial charge is 0.319 e. The predicted molar refractivity (Wildman–Crippen MR) is 109 cm³/mol. The van der Waals surface area contributed by atoms with Gasteiger partial charge in [-0.05, 0) is 36.8 Å². The molecule has 5 aromatic rings. The van der Waals surface area contributed by atoms with E-state index in [0.717, 1.165) is 34.6 Å². The first-order chi connectivity index (χ1) is 15.2. The Bertz CT molecular complexity index is 1400. The number of fused-ring (bicyclic) bond motifs is 2. The molecule has 0 aliphatic carbocycles. The number of rotatable bonds is 3. The third kappa shape index (κ3) is 2.79. The highest BCUT2D eigenvalue weighted by Gasteiger charge is 2.36. The second kappa shape index (κ2) is 6.73. The summed E-state index contributed by atoms with van der Waals surface area (Å²) < 4.78 is 21.8. The molecule has 1 N–H and O–H groups in total. The van der Waals surface area contributed by atoms with Crippen LogP contribution in [0.2, 0.25) is 0 Å². The standard InChI is InChI=1S/C21H17FN8O/c1-12-4-3-8-30-16(12)10-15(28-30)18-17-14(24-11-25-17)6-9-29(18)21-27-26-20(31-21)13-5-2-7-23-19(13)22/h2-5,7-8,10-11,18H,6,9H2,1H3,(H,24,25)/t18-/m1/s1. The minimum atomic E-state index is -0.654. The maximum absolute atomic E-state index is 14.1. The number of anilines is 1. The quantitative estimate of drug-likeness (QED) is 0.451. The SMILES string of the molecule is Cc1cccn2nc([C@@H]3c4nc[nH]c4CCN3c3nnc(-c4cccnc4F)o3)cc12. The predicted octanol–water partition coefficient (Wildman–Crippen LogP) is 3.10. The number of halogens is 1. The largest absolute Gasteiger partial charge is 0.403 e. The van der Waals surface area contributed by atoms with E-state index in [4.69, 9.17) is 9.52 Å². The van der Waals surface area contributed by atoms with Gasteiger partial charge in [0.1, 0.15) is 6.04 Å². The van der Waals surface area contributed by atoms with E-state index < -0.39 is 5.95 Å². The zero-order valence-electron chi connectivity index (χ0n) is 16.5. The Morgan fingerprint density at radius 3 is 3.00 bits per heavy atom. The number of nitrogens with one attached hydrogen (secondary N) is 1. The molecule has 0 saturated heterocycles. The van der Waals surface area contributed by atoms with Crippen molar-refractivity contribution in [2.75, 3.05) is 11.4 Å². The summed E-state index contributed by atoms with van der Waals surface area (Å²) in [5.41, 5.74) is 5.03. The number of hydrogen-bond acceptors (Lipinski definition) is 7. The first-order valence-electron chi connectivity index (χ1n) is 9.87. The summed E-state index contributed by atoms with van der Waals surface area (Å²) in [5, 5.41) is 13.1. The second-order valence-corrected chi connectivity index (χ2v) is 7.43. The summed E-state index contributed by atoms with van der Waals surface area (Å²) in [6, 6.07) is 9.21. The Morgan fingerprint density at radius 1 is 1.19 bits per heavy atom. The Balaban J connectivity index is 1.46. The molecule has 1 atom stereocenters. The first-order valence-corrected chi connectivity index (χ1v) is 9.87. The highest BCUT2D eigenvalue weighted by atomic mass is 19.1. The zero-order chi connectivity index (χ0) is 20.9. The summed E-state index contributed by atoms with van der Waals surface area (Å²) >= 11 is 0. The van der Waals surface area contributed by atoms with Gasteiger partial charge >= 0.3 is 6.01 Å². The summed E-state index contributed by atoms with van der Waals surface area (Å²) in [6.07, 6.45) is 5.71. The van der Waals surface area contributed by atoms with Crippen LogP contribution in [0.4, 0.5) is 10.4 Å².